The van der Waals surface area contributed by atoms with E-state index in [1.54, 1.807) is 11.1 Å². The second-order valence-corrected chi connectivity index (χ2v) is 7.11. The molecule has 2 fully saturated rings. The highest BCUT2D eigenvalue weighted by Gasteiger charge is 2.29. The van der Waals surface area contributed by atoms with Crippen LogP contribution in [0.3, 0.4) is 0 Å². The summed E-state index contributed by atoms with van der Waals surface area (Å²) in [7, 11) is 0. The van der Waals surface area contributed by atoms with Crippen molar-refractivity contribution in [3.05, 3.63) is 42.7 Å². The van der Waals surface area contributed by atoms with Crippen molar-refractivity contribution in [3.63, 3.8) is 0 Å². The van der Waals surface area contributed by atoms with Gasteiger partial charge in [-0.15, -0.1) is 0 Å². The van der Waals surface area contributed by atoms with Gasteiger partial charge in [-0.3, -0.25) is 9.58 Å². The van der Waals surface area contributed by atoms with E-state index in [1.807, 2.05) is 46.1 Å². The number of ether oxygens (including phenoxy) is 1. The Balaban J connectivity index is 1.45. The average molecular weight is 383 g/mol. The third kappa shape index (κ3) is 3.95. The summed E-state index contributed by atoms with van der Waals surface area (Å²) in [4.78, 5) is 28.5. The molecule has 148 valence electrons. The first-order chi connectivity index (χ1) is 13.7. The fourth-order valence-electron chi connectivity index (χ4n) is 3.90. The van der Waals surface area contributed by atoms with Gasteiger partial charge >= 0.3 is 12.1 Å². The van der Waals surface area contributed by atoms with Crippen LogP contribution in [0, 0.1) is 0 Å². The average Bonchev–Trinajstić information content (AvgIpc) is 3.39. The summed E-state index contributed by atoms with van der Waals surface area (Å²) in [5, 5.41) is 7.27. The van der Waals surface area contributed by atoms with Crippen molar-refractivity contribution in [2.75, 3.05) is 29.9 Å². The lowest BCUT2D eigenvalue weighted by Gasteiger charge is -2.36. The van der Waals surface area contributed by atoms with Gasteiger partial charge in [0.2, 0.25) is 0 Å². The Bertz CT molecular complexity index is 823. The van der Waals surface area contributed by atoms with E-state index >= 15 is 0 Å². The molecule has 0 bridgehead atoms. The molecule has 2 aromatic rings. The van der Waals surface area contributed by atoms with Crippen LogP contribution >= 0.6 is 0 Å². The molecule has 1 aromatic heterocycles. The second kappa shape index (κ2) is 8.33. The maximum atomic E-state index is 13.0. The molecule has 4 rings (SSSR count). The number of urea groups is 1. The van der Waals surface area contributed by atoms with Gasteiger partial charge in [0.05, 0.1) is 17.9 Å². The van der Waals surface area contributed by atoms with Gasteiger partial charge in [0, 0.05) is 31.5 Å². The number of hydrogen-bond donors (Lipinski definition) is 1. The summed E-state index contributed by atoms with van der Waals surface area (Å²) in [6.07, 6.45) is 7.33. The molecular formula is C20H25N5O3. The van der Waals surface area contributed by atoms with Gasteiger partial charge in [-0.25, -0.2) is 9.59 Å². The van der Waals surface area contributed by atoms with Crippen LogP contribution < -0.4 is 10.2 Å². The molecule has 1 N–H and O–H groups in total. The van der Waals surface area contributed by atoms with Gasteiger partial charge in [0.25, 0.3) is 0 Å². The smallest absolute Gasteiger partial charge is 0.414 e. The first kappa shape index (κ1) is 18.3. The molecule has 2 aliphatic heterocycles. The molecule has 0 aliphatic carbocycles. The Morgan fingerprint density at radius 3 is 2.89 bits per heavy atom. The van der Waals surface area contributed by atoms with Gasteiger partial charge in [0.1, 0.15) is 6.61 Å². The Morgan fingerprint density at radius 2 is 2.11 bits per heavy atom. The highest BCUT2D eigenvalue weighted by atomic mass is 16.6. The van der Waals surface area contributed by atoms with E-state index in [9.17, 15) is 9.59 Å². The number of cyclic esters (lactones) is 1. The van der Waals surface area contributed by atoms with E-state index in [0.717, 1.165) is 38.8 Å². The summed E-state index contributed by atoms with van der Waals surface area (Å²) >= 11 is 0. The van der Waals surface area contributed by atoms with Crippen molar-refractivity contribution in [2.45, 2.75) is 38.3 Å². The van der Waals surface area contributed by atoms with Crippen molar-refractivity contribution in [2.24, 2.45) is 0 Å². The number of amides is 3. The summed E-state index contributed by atoms with van der Waals surface area (Å²) in [6.45, 7) is 2.38. The summed E-state index contributed by atoms with van der Waals surface area (Å²) in [5.41, 5.74) is 1.30. The topological polar surface area (TPSA) is 79.7 Å². The minimum absolute atomic E-state index is 0.120. The molecule has 0 unspecified atom stereocenters. The number of aromatic nitrogens is 2. The minimum atomic E-state index is -0.378. The van der Waals surface area contributed by atoms with Crippen LogP contribution in [0.25, 0.3) is 0 Å². The molecule has 2 saturated heterocycles. The molecule has 0 radical (unpaired) electrons. The summed E-state index contributed by atoms with van der Waals surface area (Å²) in [5.74, 6) is 0. The molecule has 0 saturated carbocycles. The monoisotopic (exact) mass is 383 g/mol. The standard InChI is InChI=1S/C20H25N5O3/c26-19(22-17-7-1-2-8-18(17)25-14-15-28-20(25)27)24-12-4-3-6-16(24)9-13-23-11-5-10-21-23/h1-2,5,7-8,10-11,16H,3-4,6,9,12-15H2,(H,22,26)/t16-/m1/s1. The van der Waals surface area contributed by atoms with Crippen LogP contribution in [0.1, 0.15) is 25.7 Å². The first-order valence-electron chi connectivity index (χ1n) is 9.81. The molecule has 1 aromatic carbocycles. The fraction of sp³-hybridized carbons (Fsp3) is 0.450. The van der Waals surface area contributed by atoms with Gasteiger partial charge in [-0.2, -0.15) is 5.10 Å². The zero-order chi connectivity index (χ0) is 19.3. The molecule has 2 aliphatic rings. The Morgan fingerprint density at radius 1 is 1.21 bits per heavy atom. The van der Waals surface area contributed by atoms with E-state index in [0.29, 0.717) is 24.5 Å². The number of aryl methyl sites for hydroxylation is 1. The zero-order valence-electron chi connectivity index (χ0n) is 15.8. The number of nitrogens with zero attached hydrogens (tertiary/aromatic N) is 4. The molecular weight excluding hydrogens is 358 g/mol. The summed E-state index contributed by atoms with van der Waals surface area (Å²) < 4.78 is 6.94. The van der Waals surface area contributed by atoms with Gasteiger partial charge in [0.15, 0.2) is 0 Å². The van der Waals surface area contributed by atoms with Gasteiger partial charge < -0.3 is 15.0 Å². The van der Waals surface area contributed by atoms with E-state index in [1.165, 1.54) is 0 Å². The SMILES string of the molecule is O=C1OCCN1c1ccccc1NC(=O)N1CCCC[C@@H]1CCn1cccn1. The third-order valence-corrected chi connectivity index (χ3v) is 5.34. The Hall–Kier alpha value is -3.03. The lowest BCUT2D eigenvalue weighted by Crippen LogP contribution is -2.46. The lowest BCUT2D eigenvalue weighted by molar-refractivity contribution is 0.154. The largest absolute Gasteiger partial charge is 0.447 e. The Labute approximate surface area is 164 Å². The quantitative estimate of drug-likeness (QED) is 0.859. The predicted octanol–water partition coefficient (Wildman–Crippen LogP) is 3.32. The van der Waals surface area contributed by atoms with Crippen LogP contribution in [0.4, 0.5) is 21.0 Å². The number of carbonyl (C=O) groups excluding carboxylic acids is 2. The van der Waals surface area contributed by atoms with Gasteiger partial charge in [-0.05, 0) is 43.9 Å². The van der Waals surface area contributed by atoms with E-state index in [-0.39, 0.29) is 18.2 Å². The highest BCUT2D eigenvalue weighted by molar-refractivity contribution is 5.99. The number of carbonyl (C=O) groups is 2. The van der Waals surface area contributed by atoms with Crippen molar-refractivity contribution in [3.8, 4) is 0 Å². The highest BCUT2D eigenvalue weighted by Crippen LogP contribution is 2.29. The normalized spacial score (nSPS) is 19.6. The maximum Gasteiger partial charge on any atom is 0.414 e. The second-order valence-electron chi connectivity index (χ2n) is 7.11. The molecule has 28 heavy (non-hydrogen) atoms. The number of hydrogen-bond acceptors (Lipinski definition) is 4. The van der Waals surface area contributed by atoms with Crippen LogP contribution in [0.5, 0.6) is 0 Å². The molecule has 8 heteroatoms. The van der Waals surface area contributed by atoms with Crippen LogP contribution in [0.15, 0.2) is 42.7 Å². The lowest BCUT2D eigenvalue weighted by atomic mass is 10.00. The van der Waals surface area contributed by atoms with Crippen LogP contribution in [0.2, 0.25) is 0 Å². The number of para-hydroxylation sites is 2. The number of anilines is 2. The number of likely N-dealkylation sites (tertiary alicyclic amines) is 1. The number of rotatable bonds is 5. The zero-order valence-corrected chi connectivity index (χ0v) is 15.8. The number of piperidine rings is 1. The molecule has 3 heterocycles. The minimum Gasteiger partial charge on any atom is -0.447 e. The fourth-order valence-corrected chi connectivity index (χ4v) is 3.90. The van der Waals surface area contributed by atoms with E-state index < -0.39 is 0 Å². The number of benzene rings is 1. The van der Waals surface area contributed by atoms with Crippen molar-refractivity contribution < 1.29 is 14.3 Å². The van der Waals surface area contributed by atoms with Crippen LogP contribution in [-0.2, 0) is 11.3 Å². The Kier molecular flexibility index (Phi) is 5.45. The first-order valence-corrected chi connectivity index (χ1v) is 9.81. The molecule has 3 amide bonds. The molecule has 8 nitrogen and oxygen atoms in total. The van der Waals surface area contributed by atoms with Gasteiger partial charge in [-0.1, -0.05) is 12.1 Å². The molecule has 0 spiro atoms. The van der Waals surface area contributed by atoms with E-state index in [2.05, 4.69) is 10.4 Å². The predicted molar refractivity (Wildman–Crippen MR) is 105 cm³/mol. The van der Waals surface area contributed by atoms with Crippen molar-refractivity contribution in [1.29, 1.82) is 0 Å². The van der Waals surface area contributed by atoms with E-state index in [4.69, 9.17) is 4.74 Å². The van der Waals surface area contributed by atoms with Crippen LogP contribution in [-0.4, -0.2) is 52.5 Å². The number of nitrogens with one attached hydrogen (secondary N) is 1. The van der Waals surface area contributed by atoms with Crippen molar-refractivity contribution in [1.82, 2.24) is 14.7 Å². The summed E-state index contributed by atoms with van der Waals surface area (Å²) in [6, 6.07) is 9.32. The maximum absolute atomic E-state index is 13.0. The van der Waals surface area contributed by atoms with Crippen molar-refractivity contribution >= 4 is 23.5 Å². The molecule has 1 atom stereocenters. The third-order valence-electron chi connectivity index (χ3n) is 5.34.